The van der Waals surface area contributed by atoms with E-state index in [1.807, 2.05) is 0 Å². The number of tetrazole rings is 1. The monoisotopic (exact) mass is 188 g/mol. The highest BCUT2D eigenvalue weighted by molar-refractivity contribution is 7.80. The van der Waals surface area contributed by atoms with E-state index in [-0.39, 0.29) is 6.42 Å². The minimum atomic E-state index is -0.816. The van der Waals surface area contributed by atoms with Crippen molar-refractivity contribution in [3.8, 4) is 0 Å². The SMILES string of the molecule is O=C(O)CCCn1nnnc1S. The molecule has 1 aromatic rings. The molecule has 0 spiro atoms. The number of carbonyl (C=O) groups is 1. The van der Waals surface area contributed by atoms with Crippen LogP contribution < -0.4 is 0 Å². The quantitative estimate of drug-likeness (QED) is 0.641. The first-order valence-corrected chi connectivity index (χ1v) is 3.82. The number of carboxylic acid groups (broad SMARTS) is 1. The maximum Gasteiger partial charge on any atom is 0.303 e. The molecule has 1 heterocycles. The van der Waals surface area contributed by atoms with Crippen LogP contribution in [0, 0.1) is 0 Å². The van der Waals surface area contributed by atoms with Gasteiger partial charge in [-0.1, -0.05) is 0 Å². The van der Waals surface area contributed by atoms with Crippen LogP contribution >= 0.6 is 12.6 Å². The van der Waals surface area contributed by atoms with Gasteiger partial charge in [0.2, 0.25) is 5.16 Å². The largest absolute Gasteiger partial charge is 0.481 e. The van der Waals surface area contributed by atoms with Crippen LogP contribution in [-0.4, -0.2) is 31.3 Å². The molecule has 0 aliphatic rings. The van der Waals surface area contributed by atoms with E-state index >= 15 is 0 Å². The lowest BCUT2D eigenvalue weighted by Gasteiger charge is -1.97. The molecule has 12 heavy (non-hydrogen) atoms. The van der Waals surface area contributed by atoms with Crippen LogP contribution in [0.3, 0.4) is 0 Å². The molecule has 66 valence electrons. The summed E-state index contributed by atoms with van der Waals surface area (Å²) in [7, 11) is 0. The van der Waals surface area contributed by atoms with E-state index in [0.29, 0.717) is 18.1 Å². The maximum atomic E-state index is 10.1. The molecule has 0 fully saturated rings. The summed E-state index contributed by atoms with van der Waals surface area (Å²) in [6, 6.07) is 0. The first kappa shape index (κ1) is 8.98. The Labute approximate surface area is 74.0 Å². The van der Waals surface area contributed by atoms with Crippen LogP contribution in [0.25, 0.3) is 0 Å². The zero-order valence-corrected chi connectivity index (χ0v) is 7.11. The van der Waals surface area contributed by atoms with Gasteiger partial charge in [0.15, 0.2) is 0 Å². The molecule has 0 saturated carbocycles. The molecular formula is C5H8N4O2S. The van der Waals surface area contributed by atoms with E-state index in [1.165, 1.54) is 4.68 Å². The molecule has 0 radical (unpaired) electrons. The Morgan fingerprint density at radius 3 is 2.92 bits per heavy atom. The Bertz CT molecular complexity index is 274. The fourth-order valence-corrected chi connectivity index (χ4v) is 0.905. The van der Waals surface area contributed by atoms with Crippen molar-refractivity contribution in [3.05, 3.63) is 0 Å². The number of carboxylic acids is 1. The van der Waals surface area contributed by atoms with E-state index in [4.69, 9.17) is 5.11 Å². The van der Waals surface area contributed by atoms with Gasteiger partial charge in [0.25, 0.3) is 0 Å². The smallest absolute Gasteiger partial charge is 0.303 e. The molecule has 6 nitrogen and oxygen atoms in total. The van der Waals surface area contributed by atoms with Gasteiger partial charge in [-0.05, 0) is 16.8 Å². The molecule has 0 unspecified atom stereocenters. The van der Waals surface area contributed by atoms with Crippen LogP contribution in [0.2, 0.25) is 0 Å². The lowest BCUT2D eigenvalue weighted by atomic mass is 10.3. The molecule has 0 atom stereocenters. The van der Waals surface area contributed by atoms with Gasteiger partial charge in [0.05, 0.1) is 0 Å². The summed E-state index contributed by atoms with van der Waals surface area (Å²) in [5.41, 5.74) is 0. The van der Waals surface area contributed by atoms with Crippen molar-refractivity contribution in [2.75, 3.05) is 0 Å². The van der Waals surface area contributed by atoms with Crippen molar-refractivity contribution in [2.45, 2.75) is 24.5 Å². The van der Waals surface area contributed by atoms with Gasteiger partial charge in [-0.3, -0.25) is 4.79 Å². The molecule has 0 amide bonds. The van der Waals surface area contributed by atoms with Crippen LogP contribution in [0.5, 0.6) is 0 Å². The lowest BCUT2D eigenvalue weighted by Crippen LogP contribution is -2.04. The van der Waals surface area contributed by atoms with Gasteiger partial charge in [0, 0.05) is 13.0 Å². The number of hydrogen-bond acceptors (Lipinski definition) is 5. The third-order valence-electron chi connectivity index (χ3n) is 1.27. The molecule has 1 aromatic heterocycles. The molecule has 0 aromatic carbocycles. The Balaban J connectivity index is 2.33. The molecule has 1 rings (SSSR count). The third-order valence-corrected chi connectivity index (χ3v) is 1.59. The number of nitrogens with zero attached hydrogens (tertiary/aromatic N) is 4. The number of rotatable bonds is 4. The number of thiol groups is 1. The second-order valence-electron chi connectivity index (χ2n) is 2.20. The van der Waals surface area contributed by atoms with Crippen molar-refractivity contribution in [2.24, 2.45) is 0 Å². The average Bonchev–Trinajstić information content (AvgIpc) is 2.36. The number of hydrogen-bond donors (Lipinski definition) is 2. The first-order chi connectivity index (χ1) is 5.70. The van der Waals surface area contributed by atoms with Gasteiger partial charge in [-0.15, -0.1) is 17.7 Å². The topological polar surface area (TPSA) is 80.9 Å². The number of aromatic nitrogens is 4. The summed E-state index contributed by atoms with van der Waals surface area (Å²) in [6.45, 7) is 0.484. The number of aryl methyl sites for hydroxylation is 1. The van der Waals surface area contributed by atoms with E-state index < -0.39 is 5.97 Å². The molecule has 7 heteroatoms. The highest BCUT2D eigenvalue weighted by Gasteiger charge is 2.01. The zero-order chi connectivity index (χ0) is 8.97. The molecular weight excluding hydrogens is 180 g/mol. The Morgan fingerprint density at radius 1 is 1.67 bits per heavy atom. The summed E-state index contributed by atoms with van der Waals surface area (Å²) in [5, 5.41) is 19.2. The van der Waals surface area contributed by atoms with Crippen molar-refractivity contribution in [1.82, 2.24) is 20.2 Å². The highest BCUT2D eigenvalue weighted by atomic mass is 32.1. The average molecular weight is 188 g/mol. The Morgan fingerprint density at radius 2 is 2.42 bits per heavy atom. The van der Waals surface area contributed by atoms with Crippen LogP contribution in [0.4, 0.5) is 0 Å². The second kappa shape index (κ2) is 4.05. The Kier molecular flexibility index (Phi) is 3.03. The van der Waals surface area contributed by atoms with Crippen LogP contribution in [0.15, 0.2) is 5.16 Å². The standard InChI is InChI=1S/C5H8N4O2S/c10-4(11)2-1-3-9-5(12)6-7-8-9/h1-3H2,(H,10,11)(H,6,8,12). The van der Waals surface area contributed by atoms with Crippen molar-refractivity contribution in [3.63, 3.8) is 0 Å². The zero-order valence-electron chi connectivity index (χ0n) is 6.21. The van der Waals surface area contributed by atoms with Gasteiger partial charge >= 0.3 is 5.97 Å². The summed E-state index contributed by atoms with van der Waals surface area (Å²) < 4.78 is 1.45. The van der Waals surface area contributed by atoms with Crippen molar-refractivity contribution in [1.29, 1.82) is 0 Å². The molecule has 0 bridgehead atoms. The molecule has 0 aliphatic heterocycles. The third kappa shape index (κ3) is 2.50. The predicted octanol–water partition coefficient (Wildman–Crippen LogP) is -0.173. The molecule has 0 saturated heterocycles. The minimum absolute atomic E-state index is 0.118. The van der Waals surface area contributed by atoms with Crippen molar-refractivity contribution >= 4 is 18.6 Å². The van der Waals surface area contributed by atoms with Crippen LogP contribution in [-0.2, 0) is 11.3 Å². The fraction of sp³-hybridized carbons (Fsp3) is 0.600. The van der Waals surface area contributed by atoms with Gasteiger partial charge in [-0.25, -0.2) is 4.68 Å². The first-order valence-electron chi connectivity index (χ1n) is 3.37. The van der Waals surface area contributed by atoms with E-state index in [9.17, 15) is 4.79 Å². The van der Waals surface area contributed by atoms with Crippen molar-refractivity contribution < 1.29 is 9.90 Å². The number of aliphatic carboxylic acids is 1. The summed E-state index contributed by atoms with van der Waals surface area (Å²) in [6.07, 6.45) is 0.626. The fourth-order valence-electron chi connectivity index (χ4n) is 0.725. The molecule has 1 N–H and O–H groups in total. The second-order valence-corrected chi connectivity index (χ2v) is 2.60. The molecule has 0 aliphatic carbocycles. The van der Waals surface area contributed by atoms with E-state index in [1.54, 1.807) is 0 Å². The predicted molar refractivity (Wildman–Crippen MR) is 41.9 cm³/mol. The minimum Gasteiger partial charge on any atom is -0.481 e. The maximum absolute atomic E-state index is 10.1. The van der Waals surface area contributed by atoms with Gasteiger partial charge in [-0.2, -0.15) is 0 Å². The van der Waals surface area contributed by atoms with E-state index in [0.717, 1.165) is 0 Å². The van der Waals surface area contributed by atoms with Gasteiger partial charge < -0.3 is 5.11 Å². The van der Waals surface area contributed by atoms with Crippen LogP contribution in [0.1, 0.15) is 12.8 Å². The van der Waals surface area contributed by atoms with Gasteiger partial charge in [0.1, 0.15) is 0 Å². The summed E-state index contributed by atoms with van der Waals surface area (Å²) in [4.78, 5) is 10.1. The van der Waals surface area contributed by atoms with E-state index in [2.05, 4.69) is 28.2 Å². The summed E-state index contributed by atoms with van der Waals surface area (Å²) >= 11 is 3.95. The Hall–Kier alpha value is -1.11. The highest BCUT2D eigenvalue weighted by Crippen LogP contribution is 2.00. The normalized spacial score (nSPS) is 10.1. The lowest BCUT2D eigenvalue weighted by molar-refractivity contribution is -0.137. The summed E-state index contributed by atoms with van der Waals surface area (Å²) in [5.74, 6) is -0.816.